The molecule has 1 aliphatic rings. The van der Waals surface area contributed by atoms with Gasteiger partial charge in [0.2, 0.25) is 0 Å². The Morgan fingerprint density at radius 3 is 2.79 bits per heavy atom. The monoisotopic (exact) mass is 212 g/mol. The number of aromatic carboxylic acids is 1. The molecular weight excluding hydrogens is 200 g/mol. The molecule has 0 radical (unpaired) electrons. The molecule has 0 unspecified atom stereocenters. The largest absolute Gasteiger partial charge is 0.476 e. The van der Waals surface area contributed by atoms with Crippen LogP contribution in [0.25, 0.3) is 0 Å². The number of thiazole rings is 1. The van der Waals surface area contributed by atoms with Crippen LogP contribution >= 0.6 is 11.3 Å². The van der Waals surface area contributed by atoms with Crippen molar-refractivity contribution in [3.8, 4) is 0 Å². The summed E-state index contributed by atoms with van der Waals surface area (Å²) in [5.41, 5.74) is 5.57. The van der Waals surface area contributed by atoms with E-state index < -0.39 is 5.97 Å². The zero-order valence-electron chi connectivity index (χ0n) is 7.69. The Bertz CT molecular complexity index is 358. The first-order valence-corrected chi connectivity index (χ1v) is 5.47. The van der Waals surface area contributed by atoms with Crippen LogP contribution in [0.2, 0.25) is 0 Å². The summed E-state index contributed by atoms with van der Waals surface area (Å²) in [7, 11) is 0. The summed E-state index contributed by atoms with van der Waals surface area (Å²) >= 11 is 1.31. The normalized spacial score (nSPS) is 16.6. The van der Waals surface area contributed by atoms with Crippen molar-refractivity contribution >= 4 is 22.3 Å². The highest BCUT2D eigenvalue weighted by atomic mass is 32.1. The molecule has 1 aromatic heterocycles. The van der Waals surface area contributed by atoms with Crippen LogP contribution in [0.4, 0.5) is 5.00 Å². The quantitative estimate of drug-likeness (QED) is 0.800. The number of nitrogens with zero attached hydrogens (tertiary/aromatic N) is 1. The summed E-state index contributed by atoms with van der Waals surface area (Å²) in [5.74, 6) is -0.333. The van der Waals surface area contributed by atoms with E-state index in [0.29, 0.717) is 10.9 Å². The van der Waals surface area contributed by atoms with E-state index >= 15 is 0 Å². The van der Waals surface area contributed by atoms with Crippen LogP contribution in [-0.2, 0) is 6.42 Å². The van der Waals surface area contributed by atoms with Crippen molar-refractivity contribution in [3.63, 3.8) is 0 Å². The Hall–Kier alpha value is -1.10. The van der Waals surface area contributed by atoms with Gasteiger partial charge in [0.25, 0.3) is 0 Å². The Balaban J connectivity index is 2.10. The first kappa shape index (κ1) is 9.45. The Kier molecular flexibility index (Phi) is 2.41. The second-order valence-corrected chi connectivity index (χ2v) is 4.74. The minimum Gasteiger partial charge on any atom is -0.476 e. The Labute approximate surface area is 85.8 Å². The van der Waals surface area contributed by atoms with E-state index in [1.807, 2.05) is 0 Å². The van der Waals surface area contributed by atoms with Gasteiger partial charge in [-0.05, 0) is 5.92 Å². The van der Waals surface area contributed by atoms with Gasteiger partial charge in [-0.1, -0.05) is 19.3 Å². The van der Waals surface area contributed by atoms with Gasteiger partial charge in [0.1, 0.15) is 5.00 Å². The molecule has 4 nitrogen and oxygen atoms in total. The van der Waals surface area contributed by atoms with Crippen LogP contribution in [0.5, 0.6) is 0 Å². The molecule has 1 saturated carbocycles. The topological polar surface area (TPSA) is 76.2 Å². The predicted molar refractivity (Wildman–Crippen MR) is 54.5 cm³/mol. The van der Waals surface area contributed by atoms with E-state index in [1.54, 1.807) is 0 Å². The maximum atomic E-state index is 10.7. The molecule has 0 aliphatic heterocycles. The highest BCUT2D eigenvalue weighted by molar-refractivity contribution is 7.15. The van der Waals surface area contributed by atoms with E-state index in [9.17, 15) is 4.79 Å². The van der Waals surface area contributed by atoms with Crippen LogP contribution < -0.4 is 5.73 Å². The van der Waals surface area contributed by atoms with Crippen molar-refractivity contribution in [2.45, 2.75) is 25.7 Å². The second-order valence-electron chi connectivity index (χ2n) is 3.63. The number of nitrogens with two attached hydrogens (primary N) is 1. The molecule has 3 N–H and O–H groups in total. The molecule has 76 valence electrons. The van der Waals surface area contributed by atoms with Gasteiger partial charge >= 0.3 is 5.97 Å². The third-order valence-corrected chi connectivity index (χ3v) is 3.50. The fourth-order valence-electron chi connectivity index (χ4n) is 1.56. The summed E-state index contributed by atoms with van der Waals surface area (Å²) in [5, 5.41) is 9.94. The average Bonchev–Trinajstić information content (AvgIpc) is 2.39. The molecule has 5 heteroatoms. The van der Waals surface area contributed by atoms with E-state index in [2.05, 4.69) is 4.98 Å². The standard InChI is InChI=1S/C9H12N2O2S/c10-8-7(9(12)13)11-6(14-8)4-5-2-1-3-5/h5H,1-4,10H2,(H,12,13). The lowest BCUT2D eigenvalue weighted by molar-refractivity contribution is 0.0692. The number of nitrogen functional groups attached to an aromatic ring is 1. The van der Waals surface area contributed by atoms with Gasteiger partial charge in [-0.15, -0.1) is 11.3 Å². The van der Waals surface area contributed by atoms with Gasteiger partial charge in [-0.2, -0.15) is 0 Å². The summed E-state index contributed by atoms with van der Waals surface area (Å²) in [6, 6.07) is 0. The number of aromatic nitrogens is 1. The van der Waals surface area contributed by atoms with Gasteiger partial charge < -0.3 is 10.8 Å². The third kappa shape index (κ3) is 1.72. The lowest BCUT2D eigenvalue weighted by atomic mass is 9.83. The van der Waals surface area contributed by atoms with Crippen LogP contribution in [-0.4, -0.2) is 16.1 Å². The SMILES string of the molecule is Nc1sc(CC2CCC2)nc1C(=O)O. The molecule has 0 bridgehead atoms. The molecule has 1 heterocycles. The van der Waals surface area contributed by atoms with E-state index in [1.165, 1.54) is 30.6 Å². The molecule has 1 fully saturated rings. The third-order valence-electron chi connectivity index (χ3n) is 2.59. The minimum absolute atomic E-state index is 0.0179. The van der Waals surface area contributed by atoms with Crippen molar-refractivity contribution in [1.82, 2.24) is 4.98 Å². The molecule has 0 aromatic carbocycles. The number of carbonyl (C=O) groups is 1. The summed E-state index contributed by atoms with van der Waals surface area (Å²) < 4.78 is 0. The van der Waals surface area contributed by atoms with Crippen molar-refractivity contribution in [2.75, 3.05) is 5.73 Å². The molecule has 0 spiro atoms. The van der Waals surface area contributed by atoms with Crippen molar-refractivity contribution in [3.05, 3.63) is 10.7 Å². The molecule has 2 rings (SSSR count). The molecule has 14 heavy (non-hydrogen) atoms. The van der Waals surface area contributed by atoms with Crippen molar-refractivity contribution in [2.24, 2.45) is 5.92 Å². The summed E-state index contributed by atoms with van der Waals surface area (Å²) in [4.78, 5) is 14.7. The highest BCUT2D eigenvalue weighted by Crippen LogP contribution is 2.32. The van der Waals surface area contributed by atoms with E-state index in [0.717, 1.165) is 11.4 Å². The highest BCUT2D eigenvalue weighted by Gasteiger charge is 2.21. The number of hydrogen-bond acceptors (Lipinski definition) is 4. The molecule has 0 amide bonds. The summed E-state index contributed by atoms with van der Waals surface area (Å²) in [6.45, 7) is 0. The lowest BCUT2D eigenvalue weighted by Gasteiger charge is -2.23. The maximum absolute atomic E-state index is 10.7. The van der Waals surface area contributed by atoms with Crippen molar-refractivity contribution < 1.29 is 9.90 Å². The maximum Gasteiger partial charge on any atom is 0.357 e. The average molecular weight is 212 g/mol. The van der Waals surface area contributed by atoms with Crippen LogP contribution in [0.15, 0.2) is 0 Å². The fourth-order valence-corrected chi connectivity index (χ4v) is 2.50. The number of hydrogen-bond donors (Lipinski definition) is 2. The van der Waals surface area contributed by atoms with Crippen LogP contribution in [0.1, 0.15) is 34.8 Å². The van der Waals surface area contributed by atoms with Gasteiger partial charge in [0, 0.05) is 6.42 Å². The first-order valence-electron chi connectivity index (χ1n) is 4.65. The van der Waals surface area contributed by atoms with Gasteiger partial charge in [-0.3, -0.25) is 0 Å². The number of carboxylic acids is 1. The van der Waals surface area contributed by atoms with Gasteiger partial charge in [0.15, 0.2) is 5.69 Å². The lowest BCUT2D eigenvalue weighted by Crippen LogP contribution is -2.13. The number of anilines is 1. The van der Waals surface area contributed by atoms with E-state index in [-0.39, 0.29) is 5.69 Å². The Morgan fingerprint density at radius 2 is 2.36 bits per heavy atom. The Morgan fingerprint density at radius 1 is 1.64 bits per heavy atom. The minimum atomic E-state index is -1.03. The molecular formula is C9H12N2O2S. The number of rotatable bonds is 3. The first-order chi connectivity index (χ1) is 6.66. The van der Waals surface area contributed by atoms with Gasteiger partial charge in [-0.25, -0.2) is 9.78 Å². The summed E-state index contributed by atoms with van der Waals surface area (Å²) in [6.07, 6.45) is 4.66. The van der Waals surface area contributed by atoms with Crippen LogP contribution in [0, 0.1) is 5.92 Å². The second kappa shape index (κ2) is 3.57. The molecule has 1 aliphatic carbocycles. The van der Waals surface area contributed by atoms with Crippen LogP contribution in [0.3, 0.4) is 0 Å². The fraction of sp³-hybridized carbons (Fsp3) is 0.556. The van der Waals surface area contributed by atoms with Gasteiger partial charge in [0.05, 0.1) is 5.01 Å². The molecule has 0 atom stereocenters. The molecule has 0 saturated heterocycles. The zero-order chi connectivity index (χ0) is 10.1. The number of carboxylic acid groups (broad SMARTS) is 1. The smallest absolute Gasteiger partial charge is 0.357 e. The molecule has 1 aromatic rings. The predicted octanol–water partition coefficient (Wildman–Crippen LogP) is 1.77. The van der Waals surface area contributed by atoms with E-state index in [4.69, 9.17) is 10.8 Å². The zero-order valence-corrected chi connectivity index (χ0v) is 8.51. The van der Waals surface area contributed by atoms with Crippen molar-refractivity contribution in [1.29, 1.82) is 0 Å².